The van der Waals surface area contributed by atoms with E-state index in [1.807, 2.05) is 48.5 Å². The first-order valence-electron chi connectivity index (χ1n) is 10.4. The minimum absolute atomic E-state index is 0.165. The van der Waals surface area contributed by atoms with Crippen molar-refractivity contribution in [2.24, 2.45) is 0 Å². The van der Waals surface area contributed by atoms with E-state index in [0.29, 0.717) is 48.5 Å². The maximum absolute atomic E-state index is 12.9. The molecule has 0 atom stereocenters. The smallest absolute Gasteiger partial charge is 0.289 e. The number of aromatic nitrogens is 2. The second kappa shape index (κ2) is 8.97. The lowest BCUT2D eigenvalue weighted by molar-refractivity contribution is 0.0724. The fraction of sp³-hybridized carbons (Fsp3) is 0.208. The molecule has 2 aromatic carbocycles. The van der Waals surface area contributed by atoms with Crippen molar-refractivity contribution in [3.8, 4) is 22.9 Å². The zero-order chi connectivity index (χ0) is 21.8. The van der Waals surface area contributed by atoms with Crippen LogP contribution in [0.5, 0.6) is 11.5 Å². The van der Waals surface area contributed by atoms with Crippen molar-refractivity contribution < 1.29 is 23.2 Å². The molecule has 8 nitrogen and oxygen atoms in total. The highest BCUT2D eigenvalue weighted by atomic mass is 16.7. The maximum Gasteiger partial charge on any atom is 0.289 e. The summed E-state index contributed by atoms with van der Waals surface area (Å²) >= 11 is 0. The number of fused-ring (bicyclic) bond motifs is 1. The zero-order valence-electron chi connectivity index (χ0n) is 17.3. The van der Waals surface area contributed by atoms with Crippen LogP contribution in [0.2, 0.25) is 0 Å². The Morgan fingerprint density at radius 3 is 2.62 bits per heavy atom. The number of amides is 1. The van der Waals surface area contributed by atoms with Gasteiger partial charge in [-0.05, 0) is 42.3 Å². The highest BCUT2D eigenvalue weighted by Gasteiger charge is 2.20. The molecule has 0 N–H and O–H groups in total. The van der Waals surface area contributed by atoms with Gasteiger partial charge in [-0.2, -0.15) is 4.98 Å². The number of hydrogen-bond acceptors (Lipinski definition) is 7. The van der Waals surface area contributed by atoms with Crippen LogP contribution in [-0.4, -0.2) is 40.8 Å². The van der Waals surface area contributed by atoms with Crippen LogP contribution in [0.15, 0.2) is 75.9 Å². The number of ether oxygens (including phenoxy) is 2. The minimum Gasteiger partial charge on any atom is -0.459 e. The first kappa shape index (κ1) is 19.9. The summed E-state index contributed by atoms with van der Waals surface area (Å²) in [5, 5.41) is 4.07. The van der Waals surface area contributed by atoms with Gasteiger partial charge in [-0.3, -0.25) is 4.79 Å². The number of furan rings is 1. The monoisotopic (exact) mass is 431 g/mol. The predicted octanol–water partition coefficient (Wildman–Crippen LogP) is 3.99. The van der Waals surface area contributed by atoms with Gasteiger partial charge in [-0.1, -0.05) is 35.5 Å². The van der Waals surface area contributed by atoms with Crippen LogP contribution >= 0.6 is 0 Å². The summed E-state index contributed by atoms with van der Waals surface area (Å²) < 4.78 is 21.5. The zero-order valence-corrected chi connectivity index (χ0v) is 17.3. The van der Waals surface area contributed by atoms with Crippen LogP contribution in [-0.2, 0) is 12.8 Å². The van der Waals surface area contributed by atoms with Gasteiger partial charge in [0.15, 0.2) is 17.3 Å². The molecular formula is C24H21N3O5. The third kappa shape index (κ3) is 4.34. The molecule has 0 aliphatic carbocycles. The second-order valence-corrected chi connectivity index (χ2v) is 7.33. The minimum atomic E-state index is -0.165. The van der Waals surface area contributed by atoms with Gasteiger partial charge in [-0.25, -0.2) is 0 Å². The largest absolute Gasteiger partial charge is 0.459 e. The van der Waals surface area contributed by atoms with Crippen molar-refractivity contribution in [3.05, 3.63) is 84.1 Å². The number of rotatable bonds is 8. The Morgan fingerprint density at radius 1 is 0.938 bits per heavy atom. The molecule has 2 aromatic heterocycles. The van der Waals surface area contributed by atoms with Crippen LogP contribution in [0.3, 0.4) is 0 Å². The van der Waals surface area contributed by atoms with Crippen molar-refractivity contribution in [2.45, 2.75) is 12.8 Å². The van der Waals surface area contributed by atoms with E-state index in [-0.39, 0.29) is 12.7 Å². The number of carbonyl (C=O) groups excluding carboxylic acids is 1. The molecule has 0 spiro atoms. The lowest BCUT2D eigenvalue weighted by Gasteiger charge is -2.21. The highest BCUT2D eigenvalue weighted by Crippen LogP contribution is 2.35. The van der Waals surface area contributed by atoms with Crippen LogP contribution < -0.4 is 9.47 Å². The molecule has 4 aromatic rings. The summed E-state index contributed by atoms with van der Waals surface area (Å²) in [7, 11) is 0. The fourth-order valence-corrected chi connectivity index (χ4v) is 3.52. The van der Waals surface area contributed by atoms with E-state index in [1.54, 1.807) is 17.0 Å². The van der Waals surface area contributed by atoms with Gasteiger partial charge in [-0.15, -0.1) is 0 Å². The van der Waals surface area contributed by atoms with Crippen molar-refractivity contribution in [1.82, 2.24) is 15.0 Å². The predicted molar refractivity (Wildman–Crippen MR) is 114 cm³/mol. The average molecular weight is 431 g/mol. The van der Waals surface area contributed by atoms with E-state index in [2.05, 4.69) is 10.1 Å². The summed E-state index contributed by atoms with van der Waals surface area (Å²) in [6, 6.07) is 18.9. The lowest BCUT2D eigenvalue weighted by atomic mass is 10.1. The number of carbonyl (C=O) groups is 1. The van der Waals surface area contributed by atoms with Gasteiger partial charge in [0.05, 0.1) is 6.26 Å². The van der Waals surface area contributed by atoms with Gasteiger partial charge >= 0.3 is 0 Å². The van der Waals surface area contributed by atoms with Gasteiger partial charge < -0.3 is 23.3 Å². The number of nitrogens with zero attached hydrogens (tertiary/aromatic N) is 3. The number of hydrogen-bond donors (Lipinski definition) is 0. The molecule has 3 heterocycles. The fourth-order valence-electron chi connectivity index (χ4n) is 3.52. The Hall–Kier alpha value is -4.07. The Balaban J connectivity index is 1.27. The van der Waals surface area contributed by atoms with Crippen LogP contribution in [0.4, 0.5) is 0 Å². The molecule has 0 saturated carbocycles. The molecule has 5 rings (SSSR count). The summed E-state index contributed by atoms with van der Waals surface area (Å²) in [6.07, 6.45) is 2.66. The van der Waals surface area contributed by atoms with E-state index in [9.17, 15) is 4.79 Å². The van der Waals surface area contributed by atoms with Crippen LogP contribution in [0.25, 0.3) is 11.4 Å². The normalized spacial score (nSPS) is 12.1. The third-order valence-electron chi connectivity index (χ3n) is 5.23. The van der Waals surface area contributed by atoms with Crippen molar-refractivity contribution >= 4 is 5.91 Å². The number of benzene rings is 2. The van der Waals surface area contributed by atoms with Crippen molar-refractivity contribution in [1.29, 1.82) is 0 Å². The second-order valence-electron chi connectivity index (χ2n) is 7.33. The van der Waals surface area contributed by atoms with Crippen LogP contribution in [0.1, 0.15) is 22.0 Å². The van der Waals surface area contributed by atoms with Gasteiger partial charge in [0.25, 0.3) is 5.91 Å². The van der Waals surface area contributed by atoms with E-state index < -0.39 is 0 Å². The standard InChI is InChI=1S/C24H21N3O5/c28-24(20-7-4-14-29-20)27(12-10-17-5-2-1-3-6-17)13-11-22-25-23(26-32-22)18-8-9-19-21(15-18)31-16-30-19/h1-9,14-15H,10-13,16H2. The summed E-state index contributed by atoms with van der Waals surface area (Å²) in [4.78, 5) is 19.2. The maximum atomic E-state index is 12.9. The molecule has 0 fully saturated rings. The van der Waals surface area contributed by atoms with E-state index >= 15 is 0 Å². The van der Waals surface area contributed by atoms with E-state index in [0.717, 1.165) is 17.5 Å². The summed E-state index contributed by atoms with van der Waals surface area (Å²) in [5.74, 6) is 2.42. The highest BCUT2D eigenvalue weighted by molar-refractivity contribution is 5.91. The Labute approximate surface area is 184 Å². The first-order valence-corrected chi connectivity index (χ1v) is 10.4. The lowest BCUT2D eigenvalue weighted by Crippen LogP contribution is -2.34. The first-order chi connectivity index (χ1) is 15.8. The molecule has 0 bridgehead atoms. The quantitative estimate of drug-likeness (QED) is 0.417. The molecule has 1 aliphatic heterocycles. The molecule has 162 valence electrons. The molecule has 0 saturated heterocycles. The Kier molecular flexibility index (Phi) is 5.57. The molecule has 1 aliphatic rings. The molecule has 1 amide bonds. The van der Waals surface area contributed by atoms with E-state index in [1.165, 1.54) is 6.26 Å². The summed E-state index contributed by atoms with van der Waals surface area (Å²) in [6.45, 7) is 1.18. The van der Waals surface area contributed by atoms with E-state index in [4.69, 9.17) is 18.4 Å². The SMILES string of the molecule is O=C(c1ccco1)N(CCc1ccccc1)CCc1nc(-c2ccc3c(c2)OCO3)no1. The van der Waals surface area contributed by atoms with Gasteiger partial charge in [0.1, 0.15) is 0 Å². The molecule has 32 heavy (non-hydrogen) atoms. The molecular weight excluding hydrogens is 410 g/mol. The van der Waals surface area contributed by atoms with Crippen molar-refractivity contribution in [2.75, 3.05) is 19.9 Å². The van der Waals surface area contributed by atoms with Crippen LogP contribution in [0, 0.1) is 0 Å². The topological polar surface area (TPSA) is 90.8 Å². The van der Waals surface area contributed by atoms with Gasteiger partial charge in [0.2, 0.25) is 18.5 Å². The molecule has 0 unspecified atom stereocenters. The van der Waals surface area contributed by atoms with Gasteiger partial charge in [0, 0.05) is 25.1 Å². The Bertz CT molecular complexity index is 1190. The third-order valence-corrected chi connectivity index (χ3v) is 5.23. The molecule has 8 heteroatoms. The Morgan fingerprint density at radius 2 is 1.78 bits per heavy atom. The molecule has 0 radical (unpaired) electrons. The van der Waals surface area contributed by atoms with Crippen molar-refractivity contribution in [3.63, 3.8) is 0 Å². The average Bonchev–Trinajstić information content (AvgIpc) is 3.60. The summed E-state index contributed by atoms with van der Waals surface area (Å²) in [5.41, 5.74) is 1.93.